The molecule has 1 saturated heterocycles. The number of hydrogen-bond acceptors (Lipinski definition) is 3. The van der Waals surface area contributed by atoms with Gasteiger partial charge in [0.25, 0.3) is 0 Å². The van der Waals surface area contributed by atoms with E-state index in [1.165, 1.54) is 4.90 Å². The van der Waals surface area contributed by atoms with Crippen LogP contribution >= 0.6 is 0 Å². The second-order valence-corrected chi connectivity index (χ2v) is 5.95. The Morgan fingerprint density at radius 2 is 1.95 bits per heavy atom. The molecule has 0 N–H and O–H groups in total. The molecular weight excluding hydrogens is 254 g/mol. The molecule has 2 rings (SSSR count). The lowest BCUT2D eigenvalue weighted by atomic mass is 9.96. The Morgan fingerprint density at radius 1 is 1.35 bits per heavy atom. The first-order valence-corrected chi connectivity index (χ1v) is 6.93. The Bertz CT molecular complexity index is 510. The van der Waals surface area contributed by atoms with Gasteiger partial charge in [0.05, 0.1) is 6.04 Å². The SMILES string of the molecule is C[C@@H](Cc1ccccc1)C(=O)N1C(=O)OC(C)(C)[C@H]1C. The first-order chi connectivity index (χ1) is 9.33. The third-order valence-electron chi connectivity index (χ3n) is 3.98. The van der Waals surface area contributed by atoms with E-state index >= 15 is 0 Å². The van der Waals surface area contributed by atoms with Crippen molar-refractivity contribution in [2.75, 3.05) is 0 Å². The number of benzene rings is 1. The third-order valence-corrected chi connectivity index (χ3v) is 3.98. The average molecular weight is 275 g/mol. The number of imide groups is 1. The summed E-state index contributed by atoms with van der Waals surface area (Å²) in [6.07, 6.45) is 0.0868. The van der Waals surface area contributed by atoms with E-state index in [1.807, 2.05) is 58.0 Å². The van der Waals surface area contributed by atoms with Gasteiger partial charge in [0.1, 0.15) is 5.60 Å². The minimum absolute atomic E-state index is 0.170. The van der Waals surface area contributed by atoms with Gasteiger partial charge in [0, 0.05) is 5.92 Å². The molecule has 2 atom stereocenters. The number of cyclic esters (lactones) is 1. The predicted octanol–water partition coefficient (Wildman–Crippen LogP) is 3.01. The van der Waals surface area contributed by atoms with Crippen LogP contribution in [0.5, 0.6) is 0 Å². The molecule has 1 aromatic rings. The van der Waals surface area contributed by atoms with Crippen LogP contribution in [0.25, 0.3) is 0 Å². The molecule has 1 aliphatic rings. The average Bonchev–Trinajstić information content (AvgIpc) is 2.58. The lowest BCUT2D eigenvalue weighted by molar-refractivity contribution is -0.133. The highest BCUT2D eigenvalue weighted by Gasteiger charge is 2.48. The Hall–Kier alpha value is -1.84. The fraction of sp³-hybridized carbons (Fsp3) is 0.500. The van der Waals surface area contributed by atoms with Gasteiger partial charge in [-0.1, -0.05) is 37.3 Å². The van der Waals surface area contributed by atoms with Crippen LogP contribution < -0.4 is 0 Å². The van der Waals surface area contributed by atoms with Crippen LogP contribution in [0.1, 0.15) is 33.3 Å². The van der Waals surface area contributed by atoms with Gasteiger partial charge < -0.3 is 4.74 Å². The van der Waals surface area contributed by atoms with Crippen LogP contribution in [0, 0.1) is 5.92 Å². The zero-order valence-electron chi connectivity index (χ0n) is 12.4. The summed E-state index contributed by atoms with van der Waals surface area (Å²) in [4.78, 5) is 25.6. The Balaban J connectivity index is 2.09. The number of hydrogen-bond donors (Lipinski definition) is 0. The summed E-state index contributed by atoms with van der Waals surface area (Å²) < 4.78 is 5.26. The summed E-state index contributed by atoms with van der Waals surface area (Å²) in [7, 11) is 0. The molecule has 0 bridgehead atoms. The second-order valence-electron chi connectivity index (χ2n) is 5.95. The van der Waals surface area contributed by atoms with Crippen LogP contribution in [0.2, 0.25) is 0 Å². The van der Waals surface area contributed by atoms with Gasteiger partial charge in [0.15, 0.2) is 0 Å². The molecule has 0 unspecified atom stereocenters. The van der Waals surface area contributed by atoms with Gasteiger partial charge in [-0.15, -0.1) is 0 Å². The summed E-state index contributed by atoms with van der Waals surface area (Å²) in [5, 5.41) is 0. The molecule has 0 aromatic heterocycles. The molecule has 1 fully saturated rings. The summed E-state index contributed by atoms with van der Waals surface area (Å²) >= 11 is 0. The van der Waals surface area contributed by atoms with E-state index in [9.17, 15) is 9.59 Å². The van der Waals surface area contributed by atoms with Gasteiger partial charge in [-0.3, -0.25) is 4.79 Å². The molecular formula is C16H21NO3. The number of carbonyl (C=O) groups is 2. The third kappa shape index (κ3) is 2.69. The Morgan fingerprint density at radius 3 is 2.45 bits per heavy atom. The molecule has 1 aliphatic heterocycles. The first-order valence-electron chi connectivity index (χ1n) is 6.93. The summed E-state index contributed by atoms with van der Waals surface area (Å²) in [5.41, 5.74) is 0.465. The molecule has 0 saturated carbocycles. The van der Waals surface area contributed by atoms with E-state index in [2.05, 4.69) is 0 Å². The van der Waals surface area contributed by atoms with Crippen LogP contribution in [-0.4, -0.2) is 28.5 Å². The van der Waals surface area contributed by atoms with Gasteiger partial charge in [-0.2, -0.15) is 0 Å². The molecule has 0 aliphatic carbocycles. The molecule has 2 amide bonds. The summed E-state index contributed by atoms with van der Waals surface area (Å²) in [6.45, 7) is 7.34. The fourth-order valence-corrected chi connectivity index (χ4v) is 2.40. The minimum atomic E-state index is -0.626. The van der Waals surface area contributed by atoms with Crippen molar-refractivity contribution in [3.05, 3.63) is 35.9 Å². The standard InChI is InChI=1S/C16H21NO3/c1-11(10-13-8-6-5-7-9-13)14(18)17-12(2)16(3,4)20-15(17)19/h5-9,11-12H,10H2,1-4H3/t11-,12+/m0/s1. The molecule has 4 heteroatoms. The van der Waals surface area contributed by atoms with Gasteiger partial charge in [0.2, 0.25) is 5.91 Å². The molecule has 0 radical (unpaired) electrons. The van der Waals surface area contributed by atoms with Crippen molar-refractivity contribution in [2.45, 2.75) is 45.8 Å². The van der Waals surface area contributed by atoms with E-state index in [1.54, 1.807) is 0 Å². The van der Waals surface area contributed by atoms with Gasteiger partial charge in [-0.25, -0.2) is 9.69 Å². The van der Waals surface area contributed by atoms with Crippen molar-refractivity contribution in [1.29, 1.82) is 0 Å². The Kier molecular flexibility index (Phi) is 3.84. The number of carbonyl (C=O) groups excluding carboxylic acids is 2. The topological polar surface area (TPSA) is 46.6 Å². The number of ether oxygens (including phenoxy) is 1. The van der Waals surface area contributed by atoms with E-state index < -0.39 is 11.7 Å². The summed E-state index contributed by atoms with van der Waals surface area (Å²) in [5.74, 6) is -0.418. The van der Waals surface area contributed by atoms with Crippen LogP contribution in [0.15, 0.2) is 30.3 Å². The van der Waals surface area contributed by atoms with E-state index in [0.29, 0.717) is 6.42 Å². The van der Waals surface area contributed by atoms with Gasteiger partial charge >= 0.3 is 6.09 Å². The second kappa shape index (κ2) is 5.27. The normalized spacial score (nSPS) is 22.5. The molecule has 4 nitrogen and oxygen atoms in total. The van der Waals surface area contributed by atoms with Crippen molar-refractivity contribution < 1.29 is 14.3 Å². The fourth-order valence-electron chi connectivity index (χ4n) is 2.40. The van der Waals surface area contributed by atoms with Crippen molar-refractivity contribution in [2.24, 2.45) is 5.92 Å². The maximum atomic E-state index is 12.5. The molecule has 1 heterocycles. The zero-order valence-corrected chi connectivity index (χ0v) is 12.4. The lowest BCUT2D eigenvalue weighted by Crippen LogP contribution is -2.45. The number of rotatable bonds is 3. The van der Waals surface area contributed by atoms with E-state index in [-0.39, 0.29) is 17.9 Å². The maximum absolute atomic E-state index is 12.5. The van der Waals surface area contributed by atoms with Gasteiger partial charge in [-0.05, 0) is 32.8 Å². The molecule has 1 aromatic carbocycles. The smallest absolute Gasteiger partial charge is 0.417 e. The highest BCUT2D eigenvalue weighted by Crippen LogP contribution is 2.30. The van der Waals surface area contributed by atoms with E-state index in [4.69, 9.17) is 4.74 Å². The molecule has 20 heavy (non-hydrogen) atoms. The highest BCUT2D eigenvalue weighted by molar-refractivity contribution is 5.95. The van der Waals surface area contributed by atoms with Crippen molar-refractivity contribution in [3.63, 3.8) is 0 Å². The van der Waals surface area contributed by atoms with Crippen LogP contribution in [-0.2, 0) is 16.0 Å². The van der Waals surface area contributed by atoms with Crippen molar-refractivity contribution >= 4 is 12.0 Å². The monoisotopic (exact) mass is 275 g/mol. The molecule has 0 spiro atoms. The van der Waals surface area contributed by atoms with Crippen LogP contribution in [0.3, 0.4) is 0 Å². The van der Waals surface area contributed by atoms with Crippen molar-refractivity contribution in [3.8, 4) is 0 Å². The minimum Gasteiger partial charge on any atom is -0.441 e. The lowest BCUT2D eigenvalue weighted by Gasteiger charge is -2.25. The maximum Gasteiger partial charge on any atom is 0.417 e. The first kappa shape index (κ1) is 14.6. The molecule has 108 valence electrons. The number of nitrogens with zero attached hydrogens (tertiary/aromatic N) is 1. The largest absolute Gasteiger partial charge is 0.441 e. The Labute approximate surface area is 119 Å². The zero-order chi connectivity index (χ0) is 14.9. The summed E-state index contributed by atoms with van der Waals surface area (Å²) in [6, 6.07) is 9.56. The quantitative estimate of drug-likeness (QED) is 0.852. The predicted molar refractivity (Wildman–Crippen MR) is 76.2 cm³/mol. The number of amides is 2. The highest BCUT2D eigenvalue weighted by atomic mass is 16.6. The van der Waals surface area contributed by atoms with Crippen molar-refractivity contribution in [1.82, 2.24) is 4.90 Å². The van der Waals surface area contributed by atoms with Crippen LogP contribution in [0.4, 0.5) is 4.79 Å². The van der Waals surface area contributed by atoms with E-state index in [0.717, 1.165) is 5.56 Å².